The predicted octanol–water partition coefficient (Wildman–Crippen LogP) is 4.84. The summed E-state index contributed by atoms with van der Waals surface area (Å²) in [6, 6.07) is 14.2. The van der Waals surface area contributed by atoms with E-state index < -0.39 is 16.8 Å². The Hall–Kier alpha value is -4.31. The number of furan rings is 1. The molecule has 2 aromatic carbocycles. The molecule has 10 heteroatoms. The zero-order valence-electron chi connectivity index (χ0n) is 16.6. The van der Waals surface area contributed by atoms with Crippen LogP contribution in [0, 0.1) is 17.0 Å². The number of rotatable bonds is 6. The number of hydrazone groups is 1. The van der Waals surface area contributed by atoms with E-state index in [1.54, 1.807) is 43.3 Å². The molecule has 0 saturated carbocycles. The van der Waals surface area contributed by atoms with Gasteiger partial charge in [0.2, 0.25) is 0 Å². The van der Waals surface area contributed by atoms with E-state index in [2.05, 4.69) is 10.5 Å². The summed E-state index contributed by atoms with van der Waals surface area (Å²) in [6.45, 7) is 1.70. The molecule has 0 radical (unpaired) electrons. The second kappa shape index (κ2) is 8.44. The van der Waals surface area contributed by atoms with Crippen LogP contribution in [0.4, 0.5) is 5.69 Å². The van der Waals surface area contributed by atoms with Crippen LogP contribution in [-0.4, -0.2) is 28.1 Å². The van der Waals surface area contributed by atoms with Crippen molar-refractivity contribution in [2.24, 2.45) is 5.10 Å². The summed E-state index contributed by atoms with van der Waals surface area (Å²) in [7, 11) is 0. The molecule has 0 aliphatic rings. The van der Waals surface area contributed by atoms with E-state index in [4.69, 9.17) is 4.42 Å². The summed E-state index contributed by atoms with van der Waals surface area (Å²) in [5, 5.41) is 24.7. The first kappa shape index (κ1) is 20.9. The summed E-state index contributed by atoms with van der Waals surface area (Å²) >= 11 is 1.20. The number of carboxylic acid groups (broad SMARTS) is 1. The largest absolute Gasteiger partial charge is 0.478 e. The van der Waals surface area contributed by atoms with Crippen LogP contribution in [0.5, 0.6) is 0 Å². The fraction of sp³-hybridized carbons (Fsp3) is 0.0455. The van der Waals surface area contributed by atoms with E-state index in [-0.39, 0.29) is 11.3 Å². The quantitative estimate of drug-likeness (QED) is 0.246. The van der Waals surface area contributed by atoms with Gasteiger partial charge in [-0.05, 0) is 42.8 Å². The highest BCUT2D eigenvalue weighted by Crippen LogP contribution is 2.29. The third-order valence-corrected chi connectivity index (χ3v) is 5.86. The van der Waals surface area contributed by atoms with Crippen LogP contribution >= 0.6 is 11.3 Å². The third kappa shape index (κ3) is 4.12. The summed E-state index contributed by atoms with van der Waals surface area (Å²) < 4.78 is 6.45. The first-order chi connectivity index (χ1) is 15.3. The molecule has 2 aromatic heterocycles. The summed E-state index contributed by atoms with van der Waals surface area (Å²) in [5.74, 6) is -0.630. The van der Waals surface area contributed by atoms with Gasteiger partial charge in [-0.15, -0.1) is 11.3 Å². The third-order valence-electron chi connectivity index (χ3n) is 4.75. The van der Waals surface area contributed by atoms with Crippen molar-refractivity contribution in [1.82, 2.24) is 5.43 Å². The fourth-order valence-electron chi connectivity index (χ4n) is 3.17. The molecule has 0 fully saturated rings. The first-order valence-corrected chi connectivity index (χ1v) is 10.1. The Kier molecular flexibility index (Phi) is 5.52. The molecule has 0 saturated heterocycles. The number of carbonyl (C=O) groups is 2. The molecule has 0 aliphatic carbocycles. The van der Waals surface area contributed by atoms with Gasteiger partial charge in [0.25, 0.3) is 11.6 Å². The number of carboxylic acids is 1. The molecule has 0 bridgehead atoms. The van der Waals surface area contributed by atoms with Crippen molar-refractivity contribution in [2.75, 3.05) is 0 Å². The van der Waals surface area contributed by atoms with Gasteiger partial charge in [0, 0.05) is 27.8 Å². The minimum atomic E-state index is -1.02. The molecule has 0 aliphatic heterocycles. The molecular formula is C22H15N3O6S. The van der Waals surface area contributed by atoms with Crippen molar-refractivity contribution >= 4 is 45.2 Å². The zero-order chi connectivity index (χ0) is 22.8. The minimum Gasteiger partial charge on any atom is -0.478 e. The average Bonchev–Trinajstić information content (AvgIpc) is 3.40. The normalized spacial score (nSPS) is 11.2. The van der Waals surface area contributed by atoms with Gasteiger partial charge in [0.05, 0.1) is 21.6 Å². The van der Waals surface area contributed by atoms with E-state index in [0.29, 0.717) is 32.9 Å². The van der Waals surface area contributed by atoms with Crippen LogP contribution in [-0.2, 0) is 0 Å². The number of aromatic carboxylic acids is 1. The monoisotopic (exact) mass is 449 g/mol. The van der Waals surface area contributed by atoms with Crippen LogP contribution in [0.1, 0.15) is 31.4 Å². The number of hydrogen-bond donors (Lipinski definition) is 2. The van der Waals surface area contributed by atoms with Gasteiger partial charge in [-0.1, -0.05) is 12.1 Å². The molecule has 32 heavy (non-hydrogen) atoms. The highest BCUT2D eigenvalue weighted by molar-refractivity contribution is 7.20. The van der Waals surface area contributed by atoms with Crippen LogP contribution in [0.15, 0.2) is 64.1 Å². The number of hydrogen-bond acceptors (Lipinski definition) is 7. The van der Waals surface area contributed by atoms with Crippen molar-refractivity contribution in [3.05, 3.63) is 86.5 Å². The lowest BCUT2D eigenvalue weighted by atomic mass is 10.0. The van der Waals surface area contributed by atoms with Crippen LogP contribution in [0.25, 0.3) is 21.4 Å². The second-order valence-corrected chi connectivity index (χ2v) is 7.86. The Balaban J connectivity index is 1.47. The SMILES string of the molecule is Cc1c(C(=O)O)cccc1-c1ccc(C=NNC(=O)c2cc3cc([N+](=O)[O-])ccc3s2)o1. The van der Waals surface area contributed by atoms with Crippen LogP contribution in [0.3, 0.4) is 0 Å². The van der Waals surface area contributed by atoms with Gasteiger partial charge >= 0.3 is 5.97 Å². The molecular weight excluding hydrogens is 434 g/mol. The molecule has 160 valence electrons. The number of benzene rings is 2. The predicted molar refractivity (Wildman–Crippen MR) is 119 cm³/mol. The van der Waals surface area contributed by atoms with Crippen molar-refractivity contribution in [2.45, 2.75) is 6.92 Å². The Morgan fingerprint density at radius 2 is 2.00 bits per heavy atom. The average molecular weight is 449 g/mol. The maximum atomic E-state index is 12.4. The number of thiophene rings is 1. The Morgan fingerprint density at radius 1 is 1.19 bits per heavy atom. The molecule has 9 nitrogen and oxygen atoms in total. The Labute approximate surface area is 184 Å². The Morgan fingerprint density at radius 3 is 2.75 bits per heavy atom. The molecule has 4 aromatic rings. The van der Waals surface area contributed by atoms with Crippen LogP contribution < -0.4 is 5.43 Å². The molecule has 4 rings (SSSR count). The zero-order valence-corrected chi connectivity index (χ0v) is 17.4. The lowest BCUT2D eigenvalue weighted by molar-refractivity contribution is -0.384. The topological polar surface area (TPSA) is 135 Å². The number of nitro benzene ring substituents is 1. The van der Waals surface area contributed by atoms with E-state index in [1.165, 1.54) is 35.8 Å². The molecule has 1 amide bonds. The fourth-order valence-corrected chi connectivity index (χ4v) is 4.10. The standard InChI is InChI=1S/C22H15N3O6S/c1-12-16(3-2-4-17(12)22(27)28)18-7-6-15(31-18)11-23-24-21(26)20-10-13-9-14(25(29)30)5-8-19(13)32-20/h2-11H,1H3,(H,24,26)(H,27,28). The van der Waals surface area contributed by atoms with E-state index in [0.717, 1.165) is 4.70 Å². The summed E-state index contributed by atoms with van der Waals surface area (Å²) in [6.07, 6.45) is 1.33. The van der Waals surface area contributed by atoms with E-state index >= 15 is 0 Å². The van der Waals surface area contributed by atoms with Gasteiger partial charge in [0.15, 0.2) is 0 Å². The lowest BCUT2D eigenvalue weighted by Crippen LogP contribution is -2.15. The highest BCUT2D eigenvalue weighted by Gasteiger charge is 2.15. The summed E-state index contributed by atoms with van der Waals surface area (Å²) in [5.41, 5.74) is 3.77. The van der Waals surface area contributed by atoms with Crippen molar-refractivity contribution in [3.63, 3.8) is 0 Å². The Bertz CT molecular complexity index is 1400. The highest BCUT2D eigenvalue weighted by atomic mass is 32.1. The van der Waals surface area contributed by atoms with Crippen molar-refractivity contribution in [1.29, 1.82) is 0 Å². The number of nitrogens with zero attached hydrogens (tertiary/aromatic N) is 2. The van der Waals surface area contributed by atoms with Gasteiger partial charge in [-0.25, -0.2) is 10.2 Å². The number of nitro groups is 1. The molecule has 0 spiro atoms. The second-order valence-electron chi connectivity index (χ2n) is 6.77. The molecule has 0 unspecified atom stereocenters. The maximum Gasteiger partial charge on any atom is 0.335 e. The lowest BCUT2D eigenvalue weighted by Gasteiger charge is -2.05. The van der Waals surface area contributed by atoms with Crippen molar-refractivity contribution < 1.29 is 24.0 Å². The van der Waals surface area contributed by atoms with Gasteiger partial charge < -0.3 is 9.52 Å². The number of amides is 1. The number of fused-ring (bicyclic) bond motifs is 1. The molecule has 2 N–H and O–H groups in total. The van der Waals surface area contributed by atoms with E-state index in [9.17, 15) is 24.8 Å². The molecule has 2 heterocycles. The minimum absolute atomic E-state index is 0.0435. The van der Waals surface area contributed by atoms with Gasteiger partial charge in [-0.3, -0.25) is 14.9 Å². The van der Waals surface area contributed by atoms with Gasteiger partial charge in [-0.2, -0.15) is 5.10 Å². The van der Waals surface area contributed by atoms with Gasteiger partial charge in [0.1, 0.15) is 11.5 Å². The summed E-state index contributed by atoms with van der Waals surface area (Å²) in [4.78, 5) is 34.4. The molecule has 0 atom stereocenters. The van der Waals surface area contributed by atoms with Crippen molar-refractivity contribution in [3.8, 4) is 11.3 Å². The maximum absolute atomic E-state index is 12.4. The van der Waals surface area contributed by atoms with Crippen LogP contribution in [0.2, 0.25) is 0 Å². The number of non-ortho nitro benzene ring substituents is 1. The first-order valence-electron chi connectivity index (χ1n) is 9.28. The number of nitrogens with one attached hydrogen (secondary N) is 1. The van der Waals surface area contributed by atoms with E-state index in [1.807, 2.05) is 0 Å². The number of carbonyl (C=O) groups excluding carboxylic acids is 1. The smallest absolute Gasteiger partial charge is 0.335 e.